The summed E-state index contributed by atoms with van der Waals surface area (Å²) in [4.78, 5) is 55.6. The smallest absolute Gasteiger partial charge is 0.330 e. The first kappa shape index (κ1) is 43.5. The number of hydrogen-bond acceptors (Lipinski definition) is 11. The summed E-state index contributed by atoms with van der Waals surface area (Å²) in [6.45, 7) is 5.65. The first-order chi connectivity index (χ1) is 28.8. The number of methoxy groups -OCH3 is 2. The second kappa shape index (κ2) is 18.2. The van der Waals surface area contributed by atoms with Gasteiger partial charge in [0.25, 0.3) is 11.1 Å². The molecule has 0 amide bonds. The van der Waals surface area contributed by atoms with Gasteiger partial charge >= 0.3 is 11.4 Å². The van der Waals surface area contributed by atoms with E-state index in [2.05, 4.69) is 9.97 Å². The summed E-state index contributed by atoms with van der Waals surface area (Å²) >= 11 is 11.1. The van der Waals surface area contributed by atoms with Crippen LogP contribution in [0.15, 0.2) is 110 Å². The third-order valence-electron chi connectivity index (χ3n) is 10.9. The number of hydrogen-bond donors (Lipinski definition) is 3. The molecule has 0 radical (unpaired) electrons. The summed E-state index contributed by atoms with van der Waals surface area (Å²) in [5, 5.41) is 0. The molecule has 2 saturated heterocycles. The monoisotopic (exact) mass is 877 g/mol. The maximum atomic E-state index is 13.3. The molecule has 7 rings (SSSR count). The van der Waals surface area contributed by atoms with Crippen molar-refractivity contribution in [3.05, 3.63) is 161 Å². The zero-order valence-electron chi connectivity index (χ0n) is 33.8. The minimum Gasteiger partial charge on any atom is -0.497 e. The number of aryl methyl sites for hydroxylation is 2. The summed E-state index contributed by atoms with van der Waals surface area (Å²) in [5.74, 6) is 1.32. The molecule has 318 valence electrons. The molecule has 2 aromatic heterocycles. The predicted molar refractivity (Wildman–Crippen MR) is 233 cm³/mol. The van der Waals surface area contributed by atoms with Gasteiger partial charge in [-0.3, -0.25) is 28.7 Å². The van der Waals surface area contributed by atoms with Crippen molar-refractivity contribution in [2.24, 2.45) is 0 Å². The molecule has 0 aliphatic carbocycles. The number of nitrogens with zero attached hydrogens (tertiary/aromatic N) is 3. The van der Waals surface area contributed by atoms with Crippen molar-refractivity contribution >= 4 is 29.7 Å². The molecule has 6 atom stereocenters. The number of morpholine rings is 1. The average Bonchev–Trinajstić information content (AvgIpc) is 3.66. The zero-order valence-corrected chi connectivity index (χ0v) is 36.4. The Bertz CT molecular complexity index is 2530. The number of benzene rings is 3. The van der Waals surface area contributed by atoms with Crippen LogP contribution in [0.25, 0.3) is 0 Å². The third-order valence-corrected chi connectivity index (χ3v) is 14.6. The number of aromatic amines is 2. The molecule has 5 aromatic rings. The van der Waals surface area contributed by atoms with Crippen LogP contribution in [0.5, 0.6) is 11.5 Å². The van der Waals surface area contributed by atoms with Crippen molar-refractivity contribution in [1.82, 2.24) is 23.8 Å². The van der Waals surface area contributed by atoms with Crippen LogP contribution in [-0.4, -0.2) is 76.0 Å². The van der Waals surface area contributed by atoms with E-state index in [1.165, 1.54) is 21.5 Å². The van der Waals surface area contributed by atoms with Crippen LogP contribution in [0.2, 0.25) is 0 Å². The molecule has 18 heteroatoms. The number of rotatable bonds is 14. The fourth-order valence-corrected chi connectivity index (χ4v) is 10.1. The maximum Gasteiger partial charge on any atom is 0.330 e. The normalized spacial score (nSPS) is 22.0. The Morgan fingerprint density at radius 1 is 0.767 bits per heavy atom. The lowest BCUT2D eigenvalue weighted by Crippen LogP contribution is -2.47. The second-order valence-electron chi connectivity index (χ2n) is 14.8. The van der Waals surface area contributed by atoms with Crippen molar-refractivity contribution in [3.8, 4) is 11.5 Å². The van der Waals surface area contributed by atoms with Gasteiger partial charge in [-0.1, -0.05) is 73.8 Å². The Kier molecular flexibility index (Phi) is 13.2. The molecule has 0 spiro atoms. The SMILES string of the molecule is CC[C@@H]1CN(P(=S)(S)OC[C@H]2O[C@@H](n3cc(C)c(=O)[nH]c3=O)C[C@H]2OC(c2ccccc2)(c2ccc(OC)cc2)c2ccc(OC)cc2)C[C@H](n2cc(C)c(=O)[nH]c2=O)O1. The van der Waals surface area contributed by atoms with E-state index in [1.54, 1.807) is 28.1 Å². The summed E-state index contributed by atoms with van der Waals surface area (Å²) in [6, 6.07) is 25.1. The Morgan fingerprint density at radius 2 is 1.28 bits per heavy atom. The maximum absolute atomic E-state index is 13.3. The van der Waals surface area contributed by atoms with Gasteiger partial charge in [-0.05, 0) is 73.0 Å². The lowest BCUT2D eigenvalue weighted by Gasteiger charge is -2.42. The highest BCUT2D eigenvalue weighted by atomic mass is 32.9. The second-order valence-corrected chi connectivity index (χ2v) is 20.5. The minimum absolute atomic E-state index is 0.0916. The molecule has 2 aliphatic rings. The van der Waals surface area contributed by atoms with Crippen LogP contribution in [0.1, 0.15) is 60.0 Å². The highest BCUT2D eigenvalue weighted by molar-refractivity contribution is 8.60. The predicted octanol–water partition coefficient (Wildman–Crippen LogP) is 5.17. The third kappa shape index (κ3) is 8.90. The quantitative estimate of drug-likeness (QED) is 0.0763. The van der Waals surface area contributed by atoms with Gasteiger partial charge in [0.05, 0.1) is 39.6 Å². The van der Waals surface area contributed by atoms with Gasteiger partial charge < -0.3 is 28.2 Å². The van der Waals surface area contributed by atoms with Crippen molar-refractivity contribution in [2.75, 3.05) is 33.9 Å². The largest absolute Gasteiger partial charge is 0.497 e. The summed E-state index contributed by atoms with van der Waals surface area (Å²) in [6.07, 6.45) is 0.234. The van der Waals surface area contributed by atoms with Crippen LogP contribution in [0.3, 0.4) is 0 Å². The zero-order chi connectivity index (χ0) is 42.8. The first-order valence-electron chi connectivity index (χ1n) is 19.5. The Morgan fingerprint density at radius 3 is 1.80 bits per heavy atom. The van der Waals surface area contributed by atoms with E-state index in [4.69, 9.17) is 52.3 Å². The van der Waals surface area contributed by atoms with Crippen LogP contribution in [0.4, 0.5) is 0 Å². The van der Waals surface area contributed by atoms with Crippen molar-refractivity contribution < 1.29 is 28.2 Å². The lowest BCUT2D eigenvalue weighted by atomic mass is 9.79. The Balaban J connectivity index is 1.28. The van der Waals surface area contributed by atoms with Gasteiger partial charge in [0.2, 0.25) is 0 Å². The first-order valence-corrected chi connectivity index (χ1v) is 23.3. The van der Waals surface area contributed by atoms with Gasteiger partial charge in [0.1, 0.15) is 29.4 Å². The van der Waals surface area contributed by atoms with E-state index in [0.717, 1.165) is 16.7 Å². The van der Waals surface area contributed by atoms with E-state index in [9.17, 15) is 19.2 Å². The molecule has 4 heterocycles. The van der Waals surface area contributed by atoms with Gasteiger partial charge in [0, 0.05) is 36.5 Å². The minimum atomic E-state index is -3.14. The molecule has 3 aromatic carbocycles. The fourth-order valence-electron chi connectivity index (χ4n) is 7.64. The van der Waals surface area contributed by atoms with Crippen molar-refractivity contribution in [1.29, 1.82) is 0 Å². The van der Waals surface area contributed by atoms with E-state index in [1.807, 2.05) is 90.5 Å². The summed E-state index contributed by atoms with van der Waals surface area (Å²) in [5.41, 5.74) is -3.50. The number of nitrogens with one attached hydrogen (secondary N) is 2. The molecule has 60 heavy (non-hydrogen) atoms. The van der Waals surface area contributed by atoms with Crippen molar-refractivity contribution in [2.45, 2.75) is 70.0 Å². The van der Waals surface area contributed by atoms with E-state index in [0.29, 0.717) is 35.6 Å². The van der Waals surface area contributed by atoms with E-state index >= 15 is 0 Å². The highest BCUT2D eigenvalue weighted by Gasteiger charge is 2.47. The summed E-state index contributed by atoms with van der Waals surface area (Å²) in [7, 11) is 3.21. The van der Waals surface area contributed by atoms with Gasteiger partial charge in [-0.2, -0.15) is 0 Å². The Hall–Kier alpha value is -4.58. The molecule has 2 aliphatic heterocycles. The van der Waals surface area contributed by atoms with Gasteiger partial charge in [-0.15, -0.1) is 0 Å². The number of H-pyrrole nitrogens is 2. The lowest BCUT2D eigenvalue weighted by molar-refractivity contribution is -0.108. The molecule has 1 unspecified atom stereocenters. The molecule has 0 saturated carbocycles. The van der Waals surface area contributed by atoms with Crippen LogP contribution >= 0.6 is 17.9 Å². The van der Waals surface area contributed by atoms with Crippen LogP contribution in [-0.2, 0) is 36.1 Å². The van der Waals surface area contributed by atoms with Gasteiger partial charge in [0.15, 0.2) is 11.8 Å². The topological polar surface area (TPSA) is 168 Å². The average molecular weight is 878 g/mol. The molecular weight excluding hydrogens is 830 g/mol. The van der Waals surface area contributed by atoms with Crippen molar-refractivity contribution in [3.63, 3.8) is 0 Å². The molecule has 0 bridgehead atoms. The standard InChI is InChI=1S/C42H48N5O10PS2/c1-6-31-23-45(24-37(55-31)47-22-27(3)39(49)44-41(47)51)58(59,60)54-25-35-34(20-36(56-35)46-21-26(2)38(48)43-40(46)50)57-42(28-10-8-7-9-11-28,29-12-16-32(52-4)17-13-29)30-14-18-33(53-5)19-15-30/h7-19,21-22,31,34-37H,6,20,23-25H2,1-5H3,(H,59,60)(H,43,48,50)(H,44,49,51)/t31-,34-,35-,36-,37-/m1/s1. The van der Waals surface area contributed by atoms with Gasteiger partial charge in [-0.25, -0.2) is 14.3 Å². The number of ether oxygens (including phenoxy) is 5. The molecular formula is C42H48N5O10PS2. The van der Waals surface area contributed by atoms with Crippen LogP contribution < -0.4 is 32.0 Å². The molecule has 2 fully saturated rings. The summed E-state index contributed by atoms with van der Waals surface area (Å²) < 4.78 is 42.8. The Labute approximate surface area is 356 Å². The fraction of sp³-hybridized carbons (Fsp3) is 0.381. The number of aromatic nitrogens is 4. The molecule has 15 nitrogen and oxygen atoms in total. The van der Waals surface area contributed by atoms with E-state index < -0.39 is 58.4 Å². The number of thiol groups is 1. The molecule has 2 N–H and O–H groups in total. The van der Waals surface area contributed by atoms with E-state index in [-0.39, 0.29) is 25.7 Å². The highest BCUT2D eigenvalue weighted by Crippen LogP contribution is 2.58. The van der Waals surface area contributed by atoms with Crippen LogP contribution in [0, 0.1) is 13.8 Å².